The molecule has 1 aromatic carbocycles. The molecule has 3 rings (SSSR count). The molecule has 20 heavy (non-hydrogen) atoms. The molecule has 1 atom stereocenters. The number of aromatic nitrogens is 1. The minimum absolute atomic E-state index is 0.166. The van der Waals surface area contributed by atoms with Crippen molar-refractivity contribution in [2.24, 2.45) is 5.92 Å². The molecule has 0 saturated carbocycles. The van der Waals surface area contributed by atoms with E-state index in [1.54, 1.807) is 12.1 Å². The second-order valence-electron chi connectivity index (χ2n) is 5.52. The summed E-state index contributed by atoms with van der Waals surface area (Å²) in [7, 11) is 0. The number of likely N-dealkylation sites (tertiary alicyclic amines) is 1. The molecule has 0 amide bonds. The van der Waals surface area contributed by atoms with Gasteiger partial charge in [-0.05, 0) is 37.6 Å². The van der Waals surface area contributed by atoms with Crippen molar-refractivity contribution in [1.29, 1.82) is 0 Å². The number of fused-ring (bicyclic) bond motifs is 1. The Morgan fingerprint density at radius 1 is 1.40 bits per heavy atom. The lowest BCUT2D eigenvalue weighted by Gasteiger charge is -2.14. The van der Waals surface area contributed by atoms with E-state index < -0.39 is 0 Å². The fraction of sp³-hybridized carbons (Fsp3) is 0.467. The third kappa shape index (κ3) is 2.41. The molecule has 1 fully saturated rings. The summed E-state index contributed by atoms with van der Waals surface area (Å²) in [6.45, 7) is 6.54. The first-order valence-electron chi connectivity index (χ1n) is 7.13. The van der Waals surface area contributed by atoms with Crippen molar-refractivity contribution in [2.45, 2.75) is 19.9 Å². The molecule has 0 radical (unpaired) electrons. The van der Waals surface area contributed by atoms with Gasteiger partial charge >= 0.3 is 0 Å². The Bertz CT molecular complexity index is 635. The smallest absolute Gasteiger partial charge is 0.271 e. The second kappa shape index (κ2) is 5.25. The lowest BCUT2D eigenvalue weighted by atomic mass is 10.1. The minimum atomic E-state index is -0.328. The first kappa shape index (κ1) is 13.1. The molecule has 106 valence electrons. The molecule has 2 heterocycles. The number of benzene rings is 1. The maximum atomic E-state index is 10.9. The molecule has 1 unspecified atom stereocenters. The Morgan fingerprint density at radius 2 is 2.25 bits per heavy atom. The summed E-state index contributed by atoms with van der Waals surface area (Å²) in [5, 5.41) is 12.0. The number of nitro groups is 1. The van der Waals surface area contributed by atoms with E-state index in [2.05, 4.69) is 16.4 Å². The predicted molar refractivity (Wildman–Crippen MR) is 78.8 cm³/mol. The van der Waals surface area contributed by atoms with Crippen molar-refractivity contribution in [3.05, 3.63) is 40.6 Å². The van der Waals surface area contributed by atoms with Crippen LogP contribution in [0.2, 0.25) is 0 Å². The molecule has 0 spiro atoms. The van der Waals surface area contributed by atoms with Crippen molar-refractivity contribution in [2.75, 3.05) is 19.6 Å². The largest absolute Gasteiger partial charge is 0.347 e. The summed E-state index contributed by atoms with van der Waals surface area (Å²) >= 11 is 0. The van der Waals surface area contributed by atoms with E-state index in [9.17, 15) is 10.1 Å². The molecule has 2 aromatic rings. The van der Waals surface area contributed by atoms with E-state index in [4.69, 9.17) is 0 Å². The van der Waals surface area contributed by atoms with Crippen LogP contribution >= 0.6 is 0 Å². The molecule has 0 N–H and O–H groups in total. The average Bonchev–Trinajstić information content (AvgIpc) is 3.06. The Morgan fingerprint density at radius 3 is 2.95 bits per heavy atom. The van der Waals surface area contributed by atoms with Gasteiger partial charge in [-0.15, -0.1) is 0 Å². The lowest BCUT2D eigenvalue weighted by Crippen LogP contribution is -2.21. The van der Waals surface area contributed by atoms with Crippen molar-refractivity contribution in [3.63, 3.8) is 0 Å². The standard InChI is InChI=1S/C15H19N3O2/c1-2-16-7-5-12(10-16)11-17-8-6-13-3-4-14(18(19)20)9-15(13)17/h3-4,6,8-9,12H,2,5,7,10-11H2,1H3. The van der Waals surface area contributed by atoms with Crippen LogP contribution in [-0.2, 0) is 6.54 Å². The number of nitro benzene ring substituents is 1. The lowest BCUT2D eigenvalue weighted by molar-refractivity contribution is -0.384. The van der Waals surface area contributed by atoms with Crippen LogP contribution in [0.4, 0.5) is 5.69 Å². The zero-order valence-corrected chi connectivity index (χ0v) is 11.7. The maximum absolute atomic E-state index is 10.9. The van der Waals surface area contributed by atoms with Gasteiger partial charge in [0.05, 0.1) is 10.4 Å². The molecule has 0 bridgehead atoms. The van der Waals surface area contributed by atoms with Crippen LogP contribution in [0.1, 0.15) is 13.3 Å². The van der Waals surface area contributed by atoms with Gasteiger partial charge < -0.3 is 9.47 Å². The fourth-order valence-electron chi connectivity index (χ4n) is 3.07. The number of rotatable bonds is 4. The van der Waals surface area contributed by atoms with E-state index in [0.717, 1.165) is 30.5 Å². The zero-order valence-electron chi connectivity index (χ0n) is 11.7. The van der Waals surface area contributed by atoms with E-state index in [1.165, 1.54) is 13.0 Å². The van der Waals surface area contributed by atoms with Crippen LogP contribution in [0.3, 0.4) is 0 Å². The van der Waals surface area contributed by atoms with Crippen LogP contribution in [0.5, 0.6) is 0 Å². The van der Waals surface area contributed by atoms with Crippen molar-refractivity contribution in [3.8, 4) is 0 Å². The van der Waals surface area contributed by atoms with Crippen LogP contribution < -0.4 is 0 Å². The highest BCUT2D eigenvalue weighted by molar-refractivity contribution is 5.82. The van der Waals surface area contributed by atoms with Gasteiger partial charge in [-0.2, -0.15) is 0 Å². The van der Waals surface area contributed by atoms with Gasteiger partial charge in [-0.25, -0.2) is 0 Å². The SMILES string of the molecule is CCN1CCC(Cn2ccc3ccc([N+](=O)[O-])cc32)C1. The zero-order chi connectivity index (χ0) is 14.1. The Labute approximate surface area is 117 Å². The summed E-state index contributed by atoms with van der Waals surface area (Å²) in [6.07, 6.45) is 3.26. The first-order valence-corrected chi connectivity index (χ1v) is 7.13. The van der Waals surface area contributed by atoms with E-state index in [-0.39, 0.29) is 10.6 Å². The van der Waals surface area contributed by atoms with Gasteiger partial charge in [-0.1, -0.05) is 6.92 Å². The second-order valence-corrected chi connectivity index (χ2v) is 5.52. The molecule has 5 heteroatoms. The molecule has 1 aliphatic heterocycles. The Hall–Kier alpha value is -1.88. The molecule has 5 nitrogen and oxygen atoms in total. The van der Waals surface area contributed by atoms with E-state index >= 15 is 0 Å². The van der Waals surface area contributed by atoms with Crippen LogP contribution in [0.15, 0.2) is 30.5 Å². The van der Waals surface area contributed by atoms with Crippen LogP contribution in [-0.4, -0.2) is 34.0 Å². The van der Waals surface area contributed by atoms with Gasteiger partial charge in [0.25, 0.3) is 5.69 Å². The summed E-state index contributed by atoms with van der Waals surface area (Å²) < 4.78 is 2.16. The van der Waals surface area contributed by atoms with Crippen molar-refractivity contribution in [1.82, 2.24) is 9.47 Å². The molecular formula is C15H19N3O2. The fourth-order valence-corrected chi connectivity index (χ4v) is 3.07. The number of nitrogens with zero attached hydrogens (tertiary/aromatic N) is 3. The molecule has 1 aliphatic rings. The van der Waals surface area contributed by atoms with Gasteiger partial charge in [0, 0.05) is 36.8 Å². The van der Waals surface area contributed by atoms with Gasteiger partial charge in [0.1, 0.15) is 0 Å². The topological polar surface area (TPSA) is 51.3 Å². The third-order valence-corrected chi connectivity index (χ3v) is 4.24. The number of non-ortho nitro benzene ring substituents is 1. The van der Waals surface area contributed by atoms with Crippen LogP contribution in [0, 0.1) is 16.0 Å². The van der Waals surface area contributed by atoms with Crippen molar-refractivity contribution >= 4 is 16.6 Å². The predicted octanol–water partition coefficient (Wildman–Crippen LogP) is 2.89. The maximum Gasteiger partial charge on any atom is 0.271 e. The quantitative estimate of drug-likeness (QED) is 0.635. The van der Waals surface area contributed by atoms with Gasteiger partial charge in [0.15, 0.2) is 0 Å². The van der Waals surface area contributed by atoms with E-state index in [0.29, 0.717) is 5.92 Å². The Balaban J connectivity index is 1.84. The first-order chi connectivity index (χ1) is 9.67. The number of hydrogen-bond acceptors (Lipinski definition) is 3. The minimum Gasteiger partial charge on any atom is -0.347 e. The normalized spacial score (nSPS) is 19.8. The summed E-state index contributed by atoms with van der Waals surface area (Å²) in [4.78, 5) is 13.0. The highest BCUT2D eigenvalue weighted by atomic mass is 16.6. The monoisotopic (exact) mass is 273 g/mol. The van der Waals surface area contributed by atoms with Gasteiger partial charge in [-0.3, -0.25) is 10.1 Å². The summed E-state index contributed by atoms with van der Waals surface area (Å²) in [6, 6.07) is 7.12. The molecule has 1 saturated heterocycles. The summed E-state index contributed by atoms with van der Waals surface area (Å²) in [5.41, 5.74) is 1.13. The molecular weight excluding hydrogens is 254 g/mol. The average molecular weight is 273 g/mol. The van der Waals surface area contributed by atoms with E-state index in [1.807, 2.05) is 18.3 Å². The molecule has 1 aromatic heterocycles. The Kier molecular flexibility index (Phi) is 3.44. The number of hydrogen-bond donors (Lipinski definition) is 0. The summed E-state index contributed by atoms with van der Waals surface area (Å²) in [5.74, 6) is 0.643. The van der Waals surface area contributed by atoms with Gasteiger partial charge in [0.2, 0.25) is 0 Å². The third-order valence-electron chi connectivity index (χ3n) is 4.24. The highest BCUT2D eigenvalue weighted by Crippen LogP contribution is 2.25. The van der Waals surface area contributed by atoms with Crippen LogP contribution in [0.25, 0.3) is 10.9 Å². The highest BCUT2D eigenvalue weighted by Gasteiger charge is 2.22. The molecule has 0 aliphatic carbocycles. The van der Waals surface area contributed by atoms with Crippen molar-refractivity contribution < 1.29 is 4.92 Å².